The topological polar surface area (TPSA) is 49.4 Å². The minimum absolute atomic E-state index is 0.0186. The summed E-state index contributed by atoms with van der Waals surface area (Å²) in [7, 11) is -2.62. The molecule has 0 N–H and O–H groups in total. The summed E-state index contributed by atoms with van der Waals surface area (Å²) in [6.45, 7) is 0. The monoisotopic (exact) mass is 162 g/mol. The Morgan fingerprint density at radius 2 is 1.90 bits per heavy atom. The molecule has 4 heteroatoms. The SMILES string of the molecule is O=[P+]([O-])OC1CCCCC1. The maximum Gasteiger partial charge on any atom is 0.488 e. The van der Waals surface area contributed by atoms with Crippen LogP contribution in [0.2, 0.25) is 0 Å². The molecule has 1 saturated carbocycles. The molecule has 0 heterocycles. The summed E-state index contributed by atoms with van der Waals surface area (Å²) in [5, 5.41) is 0. The average Bonchev–Trinajstić information content (AvgIpc) is 1.88. The lowest BCUT2D eigenvalue weighted by atomic mass is 9.98. The second-order valence-electron chi connectivity index (χ2n) is 2.59. The molecule has 0 radical (unpaired) electrons. The van der Waals surface area contributed by atoms with Crippen LogP contribution in [0.15, 0.2) is 0 Å². The van der Waals surface area contributed by atoms with Crippen molar-refractivity contribution in [1.82, 2.24) is 0 Å². The van der Waals surface area contributed by atoms with Crippen molar-refractivity contribution in [3.8, 4) is 0 Å². The van der Waals surface area contributed by atoms with Crippen LogP contribution in [-0.2, 0) is 9.09 Å². The van der Waals surface area contributed by atoms with Crippen molar-refractivity contribution in [1.29, 1.82) is 0 Å². The Labute approximate surface area is 61.3 Å². The van der Waals surface area contributed by atoms with Gasteiger partial charge in [-0.1, -0.05) is 19.3 Å². The van der Waals surface area contributed by atoms with E-state index in [-0.39, 0.29) is 6.10 Å². The van der Waals surface area contributed by atoms with Crippen LogP contribution in [0.5, 0.6) is 0 Å². The lowest BCUT2D eigenvalue weighted by molar-refractivity contribution is -0.190. The van der Waals surface area contributed by atoms with E-state index in [1.54, 1.807) is 0 Å². The lowest BCUT2D eigenvalue weighted by Gasteiger charge is -2.15. The molecule has 3 nitrogen and oxygen atoms in total. The molecule has 1 unspecified atom stereocenters. The van der Waals surface area contributed by atoms with Gasteiger partial charge in [-0.15, -0.1) is 4.52 Å². The van der Waals surface area contributed by atoms with Crippen LogP contribution in [0.25, 0.3) is 0 Å². The van der Waals surface area contributed by atoms with Crippen molar-refractivity contribution >= 4 is 8.25 Å². The van der Waals surface area contributed by atoms with Gasteiger partial charge in [0.25, 0.3) is 0 Å². The van der Waals surface area contributed by atoms with Gasteiger partial charge in [0.1, 0.15) is 6.10 Å². The molecule has 0 spiro atoms. The van der Waals surface area contributed by atoms with Crippen molar-refractivity contribution in [2.45, 2.75) is 38.2 Å². The van der Waals surface area contributed by atoms with Gasteiger partial charge in [-0.3, -0.25) is 0 Å². The van der Waals surface area contributed by atoms with Crippen molar-refractivity contribution in [2.24, 2.45) is 0 Å². The molecule has 0 aromatic carbocycles. The van der Waals surface area contributed by atoms with Crippen molar-refractivity contribution in [3.63, 3.8) is 0 Å². The minimum atomic E-state index is -2.62. The van der Waals surface area contributed by atoms with Gasteiger partial charge in [-0.2, -0.15) is 0 Å². The van der Waals surface area contributed by atoms with Crippen LogP contribution in [0.1, 0.15) is 32.1 Å². The van der Waals surface area contributed by atoms with Crippen molar-refractivity contribution in [3.05, 3.63) is 0 Å². The fourth-order valence-electron chi connectivity index (χ4n) is 1.29. The zero-order valence-electron chi connectivity index (χ0n) is 5.78. The highest BCUT2D eigenvalue weighted by Crippen LogP contribution is 2.26. The summed E-state index contributed by atoms with van der Waals surface area (Å²) in [5.41, 5.74) is 0. The Hall–Kier alpha value is 0.0200. The largest absolute Gasteiger partial charge is 0.566 e. The summed E-state index contributed by atoms with van der Waals surface area (Å²) in [4.78, 5) is 10.1. The van der Waals surface area contributed by atoms with E-state index in [1.807, 2.05) is 0 Å². The predicted molar refractivity (Wildman–Crippen MR) is 35.6 cm³/mol. The molecule has 0 amide bonds. The maximum atomic E-state index is 10.1. The first-order chi connectivity index (χ1) is 4.79. The molecule has 10 heavy (non-hydrogen) atoms. The Balaban J connectivity index is 2.19. The number of rotatable bonds is 2. The fourth-order valence-corrected chi connectivity index (χ4v) is 1.75. The highest BCUT2D eigenvalue weighted by atomic mass is 31.1. The van der Waals surface area contributed by atoms with Gasteiger partial charge >= 0.3 is 8.25 Å². The van der Waals surface area contributed by atoms with Crippen LogP contribution in [0.3, 0.4) is 0 Å². The Morgan fingerprint density at radius 1 is 1.30 bits per heavy atom. The molecule has 58 valence electrons. The zero-order chi connectivity index (χ0) is 7.40. The van der Waals surface area contributed by atoms with Crippen LogP contribution in [0, 0.1) is 0 Å². The van der Waals surface area contributed by atoms with Crippen LogP contribution in [-0.4, -0.2) is 6.10 Å². The molecule has 1 atom stereocenters. The van der Waals surface area contributed by atoms with Gasteiger partial charge in [-0.25, -0.2) is 0 Å². The van der Waals surface area contributed by atoms with E-state index in [0.29, 0.717) is 0 Å². The highest BCUT2D eigenvalue weighted by Gasteiger charge is 2.19. The van der Waals surface area contributed by atoms with E-state index in [4.69, 9.17) is 0 Å². The highest BCUT2D eigenvalue weighted by molar-refractivity contribution is 7.30. The van der Waals surface area contributed by atoms with E-state index in [1.165, 1.54) is 6.42 Å². The molecule has 0 aromatic rings. The van der Waals surface area contributed by atoms with E-state index < -0.39 is 8.25 Å². The smallest absolute Gasteiger partial charge is 0.488 e. The molecule has 1 aliphatic rings. The third kappa shape index (κ3) is 2.74. The normalized spacial score (nSPS) is 22.7. The van der Waals surface area contributed by atoms with Gasteiger partial charge < -0.3 is 4.89 Å². The Morgan fingerprint density at radius 3 is 2.40 bits per heavy atom. The van der Waals surface area contributed by atoms with E-state index in [0.717, 1.165) is 25.7 Å². The molecule has 0 bridgehead atoms. The second-order valence-corrected chi connectivity index (χ2v) is 3.25. The summed E-state index contributed by atoms with van der Waals surface area (Å²) < 4.78 is 14.7. The van der Waals surface area contributed by atoms with Crippen LogP contribution >= 0.6 is 8.25 Å². The van der Waals surface area contributed by atoms with Gasteiger partial charge in [0.2, 0.25) is 0 Å². The fraction of sp³-hybridized carbons (Fsp3) is 1.00. The lowest BCUT2D eigenvalue weighted by Crippen LogP contribution is -2.14. The van der Waals surface area contributed by atoms with Crippen molar-refractivity contribution in [2.75, 3.05) is 0 Å². The van der Waals surface area contributed by atoms with E-state index in [2.05, 4.69) is 4.52 Å². The van der Waals surface area contributed by atoms with Gasteiger partial charge in [0.15, 0.2) is 0 Å². The predicted octanol–water partition coefficient (Wildman–Crippen LogP) is 1.35. The summed E-state index contributed by atoms with van der Waals surface area (Å²) in [5.74, 6) is 0. The first kappa shape index (κ1) is 8.12. The average molecular weight is 162 g/mol. The first-order valence-corrected chi connectivity index (χ1v) is 4.70. The molecule has 0 saturated heterocycles. The van der Waals surface area contributed by atoms with Gasteiger partial charge in [0.05, 0.1) is 0 Å². The second kappa shape index (κ2) is 4.02. The summed E-state index contributed by atoms with van der Waals surface area (Å²) in [6.07, 6.45) is 5.22. The van der Waals surface area contributed by atoms with E-state index in [9.17, 15) is 9.46 Å². The standard InChI is InChI=1S/C6H11O3P/c7-10(8)9-6-4-2-1-3-5-6/h6H,1-5H2. The quantitative estimate of drug-likeness (QED) is 0.576. The molecular weight excluding hydrogens is 151 g/mol. The zero-order valence-corrected chi connectivity index (χ0v) is 6.68. The molecular formula is C6H11O3P. The molecule has 1 fully saturated rings. The minimum Gasteiger partial charge on any atom is -0.566 e. The van der Waals surface area contributed by atoms with Gasteiger partial charge in [-0.05, 0) is 17.4 Å². The molecule has 0 aromatic heterocycles. The number of hydrogen-bond donors (Lipinski definition) is 0. The van der Waals surface area contributed by atoms with Crippen LogP contribution < -0.4 is 4.89 Å². The molecule has 1 aliphatic carbocycles. The van der Waals surface area contributed by atoms with E-state index >= 15 is 0 Å². The van der Waals surface area contributed by atoms with Gasteiger partial charge in [0, 0.05) is 0 Å². The summed E-state index contributed by atoms with van der Waals surface area (Å²) >= 11 is 0. The maximum absolute atomic E-state index is 10.1. The van der Waals surface area contributed by atoms with Crippen LogP contribution in [0.4, 0.5) is 0 Å². The Kier molecular flexibility index (Phi) is 3.26. The molecule has 0 aliphatic heterocycles. The molecule has 1 rings (SSSR count). The third-order valence-electron chi connectivity index (χ3n) is 1.79. The van der Waals surface area contributed by atoms with Crippen molar-refractivity contribution < 1.29 is 14.0 Å². The number of hydrogen-bond acceptors (Lipinski definition) is 3. The summed E-state index contributed by atoms with van der Waals surface area (Å²) in [6, 6.07) is 0. The third-order valence-corrected chi connectivity index (χ3v) is 2.26. The first-order valence-electron chi connectivity index (χ1n) is 3.60. The Bertz CT molecular complexity index is 120.